The highest BCUT2D eigenvalue weighted by molar-refractivity contribution is 6.04. The number of urea groups is 1. The number of fused-ring (bicyclic) bond motifs is 3. The molecule has 0 spiro atoms. The van der Waals surface area contributed by atoms with Crippen molar-refractivity contribution in [1.82, 2.24) is 30.7 Å². The summed E-state index contributed by atoms with van der Waals surface area (Å²) in [4.78, 5) is 85.8. The minimum absolute atomic E-state index is 0.0116. The maximum atomic E-state index is 14.4. The van der Waals surface area contributed by atoms with E-state index in [0.29, 0.717) is 50.3 Å². The van der Waals surface area contributed by atoms with E-state index in [0.717, 1.165) is 12.8 Å². The van der Waals surface area contributed by atoms with Crippen LogP contribution >= 0.6 is 0 Å². The molecular formula is C37H49FN6O9. The normalized spacial score (nSPS) is 28.3. The molecule has 7 amide bonds. The maximum absolute atomic E-state index is 14.4. The van der Waals surface area contributed by atoms with Crippen molar-refractivity contribution < 1.29 is 47.4 Å². The number of carbonyl (C=O) groups is 6. The number of imide groups is 1. The minimum atomic E-state index is -1.45. The second kappa shape index (κ2) is 15.7. The quantitative estimate of drug-likeness (QED) is 0.394. The van der Waals surface area contributed by atoms with E-state index in [2.05, 4.69) is 16.0 Å². The van der Waals surface area contributed by atoms with Gasteiger partial charge in [0.2, 0.25) is 11.8 Å². The summed E-state index contributed by atoms with van der Waals surface area (Å²) in [5.41, 5.74) is -1.21. The number of nitrogens with one attached hydrogen (secondary N) is 3. The number of halogens is 1. The number of benzene rings is 1. The fourth-order valence-electron chi connectivity index (χ4n) is 7.40. The molecule has 0 unspecified atom stereocenters. The molecule has 2 saturated heterocycles. The number of carbonyl (C=O) groups excluding carboxylic acids is 6. The lowest BCUT2D eigenvalue weighted by atomic mass is 10.0. The molecule has 1 saturated carbocycles. The zero-order chi connectivity index (χ0) is 37.9. The molecule has 1 aromatic rings. The van der Waals surface area contributed by atoms with Crippen LogP contribution in [0, 0.1) is 11.7 Å². The molecule has 5 atom stereocenters. The van der Waals surface area contributed by atoms with E-state index in [1.54, 1.807) is 32.9 Å². The van der Waals surface area contributed by atoms with Crippen LogP contribution in [0.15, 0.2) is 30.4 Å². The molecular weight excluding hydrogens is 691 g/mol. The number of hydrogen-bond donors (Lipinski definition) is 3. The highest BCUT2D eigenvalue weighted by Gasteiger charge is 2.61. The van der Waals surface area contributed by atoms with E-state index < -0.39 is 77.0 Å². The van der Waals surface area contributed by atoms with E-state index in [1.165, 1.54) is 20.8 Å². The van der Waals surface area contributed by atoms with Crippen LogP contribution in [0.2, 0.25) is 0 Å². The second-order valence-electron chi connectivity index (χ2n) is 15.4. The number of alkyl carbamates (subject to hydrolysis) is 1. The first kappa shape index (κ1) is 38.0. The maximum Gasteiger partial charge on any atom is 0.410 e. The zero-order valence-corrected chi connectivity index (χ0v) is 30.5. The SMILES string of the molecule is CC(C)(C)OC(=O)N[C@H]1CCCCC/C=C\[C@@H]2C[C@@]2(C(=O)NC(=O)N2CCOCC2)NC(=O)[C@@H]2C[C@@H](OC(=O)N3Cc4cccc(F)c4C3)CN2C1=O. The molecule has 16 heteroatoms. The third-order valence-electron chi connectivity index (χ3n) is 10.3. The van der Waals surface area contributed by atoms with Gasteiger partial charge in [-0.15, -0.1) is 0 Å². The largest absolute Gasteiger partial charge is 0.444 e. The molecule has 6 rings (SSSR count). The van der Waals surface area contributed by atoms with Gasteiger partial charge in [-0.2, -0.15) is 0 Å². The Hall–Kier alpha value is -4.73. The van der Waals surface area contributed by atoms with Gasteiger partial charge in [0.25, 0.3) is 5.91 Å². The van der Waals surface area contributed by atoms with Crippen molar-refractivity contribution in [3.8, 4) is 0 Å². The molecule has 0 bridgehead atoms. The number of morpholine rings is 1. The van der Waals surface area contributed by atoms with E-state index in [1.807, 2.05) is 12.2 Å². The van der Waals surface area contributed by atoms with Gasteiger partial charge in [-0.3, -0.25) is 24.6 Å². The highest BCUT2D eigenvalue weighted by Crippen LogP contribution is 2.45. The van der Waals surface area contributed by atoms with Crippen LogP contribution in [0.25, 0.3) is 0 Å². The Morgan fingerprint density at radius 2 is 1.81 bits per heavy atom. The van der Waals surface area contributed by atoms with Crippen molar-refractivity contribution in [1.29, 1.82) is 0 Å². The van der Waals surface area contributed by atoms with Crippen LogP contribution in [0.1, 0.15) is 76.8 Å². The fraction of sp³-hybridized carbons (Fsp3) is 0.622. The molecule has 4 aliphatic heterocycles. The van der Waals surface area contributed by atoms with Crippen molar-refractivity contribution in [2.24, 2.45) is 5.92 Å². The zero-order valence-electron chi connectivity index (χ0n) is 30.5. The molecule has 0 aromatic heterocycles. The van der Waals surface area contributed by atoms with Crippen LogP contribution in [0.3, 0.4) is 0 Å². The van der Waals surface area contributed by atoms with Gasteiger partial charge in [0.05, 0.1) is 26.3 Å². The Kier molecular flexibility index (Phi) is 11.3. The predicted octanol–water partition coefficient (Wildman–Crippen LogP) is 3.10. The number of nitrogens with zero attached hydrogens (tertiary/aromatic N) is 3. The molecule has 1 aliphatic carbocycles. The molecule has 53 heavy (non-hydrogen) atoms. The van der Waals surface area contributed by atoms with Crippen molar-refractivity contribution >= 4 is 35.9 Å². The van der Waals surface area contributed by atoms with Crippen LogP contribution < -0.4 is 16.0 Å². The standard InChI is InChI=1S/C37H49FN6O9/c1-36(2,3)53-34(49)39-28-13-8-6-4-5-7-11-24-19-37(24,32(47)40-33(48)42-14-16-51-17-15-42)41-30(45)29-18-25(21-44(29)31(28)46)52-35(50)43-20-23-10-9-12-27(38)26(23)22-43/h7,9-12,24-25,28-29H,4-6,8,13-22H2,1-3H3,(H,39,49)(H,41,45)(H,40,47,48)/b11-7-/t24-,25-,28+,29+,37-/m1/s1. The summed E-state index contributed by atoms with van der Waals surface area (Å²) in [7, 11) is 0. The van der Waals surface area contributed by atoms with Gasteiger partial charge >= 0.3 is 18.2 Å². The number of amides is 7. The first-order valence-corrected chi connectivity index (χ1v) is 18.4. The van der Waals surface area contributed by atoms with Crippen LogP contribution in [0.4, 0.5) is 18.8 Å². The number of hydrogen-bond acceptors (Lipinski definition) is 9. The average molecular weight is 741 g/mol. The monoisotopic (exact) mass is 740 g/mol. The van der Waals surface area contributed by atoms with Crippen molar-refractivity contribution in [3.05, 3.63) is 47.3 Å². The summed E-state index contributed by atoms with van der Waals surface area (Å²) < 4.78 is 31.0. The average Bonchev–Trinajstić information content (AvgIpc) is 3.40. The number of allylic oxidation sites excluding steroid dienone is 1. The molecule has 5 aliphatic rings. The van der Waals surface area contributed by atoms with E-state index in [9.17, 15) is 33.2 Å². The molecule has 288 valence electrons. The first-order chi connectivity index (χ1) is 25.2. The Morgan fingerprint density at radius 1 is 1.04 bits per heavy atom. The summed E-state index contributed by atoms with van der Waals surface area (Å²) >= 11 is 0. The van der Waals surface area contributed by atoms with E-state index in [4.69, 9.17) is 14.2 Å². The summed E-state index contributed by atoms with van der Waals surface area (Å²) in [6, 6.07) is 1.81. The Balaban J connectivity index is 1.23. The van der Waals surface area contributed by atoms with Gasteiger partial charge in [0.1, 0.15) is 35.1 Å². The fourth-order valence-corrected chi connectivity index (χ4v) is 7.40. The van der Waals surface area contributed by atoms with Crippen LogP contribution in [-0.2, 0) is 41.7 Å². The lowest BCUT2D eigenvalue weighted by Crippen LogP contribution is -2.59. The van der Waals surface area contributed by atoms with E-state index in [-0.39, 0.29) is 38.9 Å². The lowest BCUT2D eigenvalue weighted by Gasteiger charge is -2.31. The van der Waals surface area contributed by atoms with Crippen molar-refractivity contribution in [2.45, 2.75) is 108 Å². The number of rotatable bonds is 3. The molecule has 3 N–H and O–H groups in total. The molecule has 0 radical (unpaired) electrons. The third-order valence-corrected chi connectivity index (χ3v) is 10.3. The number of ether oxygens (including phenoxy) is 3. The summed E-state index contributed by atoms with van der Waals surface area (Å²) in [5, 5.41) is 8.03. The predicted molar refractivity (Wildman–Crippen MR) is 186 cm³/mol. The molecule has 15 nitrogen and oxygen atoms in total. The van der Waals surface area contributed by atoms with Crippen molar-refractivity contribution in [2.75, 3.05) is 32.8 Å². The minimum Gasteiger partial charge on any atom is -0.444 e. The molecule has 1 aromatic carbocycles. The van der Waals surface area contributed by atoms with Gasteiger partial charge in [0.15, 0.2) is 0 Å². The van der Waals surface area contributed by atoms with Gasteiger partial charge < -0.3 is 34.6 Å². The van der Waals surface area contributed by atoms with Gasteiger partial charge in [-0.05, 0) is 58.1 Å². The highest BCUT2D eigenvalue weighted by atomic mass is 19.1. The third kappa shape index (κ3) is 8.91. The molecule has 4 heterocycles. The second-order valence-corrected chi connectivity index (χ2v) is 15.4. The van der Waals surface area contributed by atoms with Gasteiger partial charge in [0, 0.05) is 37.5 Å². The smallest absolute Gasteiger partial charge is 0.410 e. The Bertz CT molecular complexity index is 1640. The van der Waals surface area contributed by atoms with Crippen LogP contribution in [-0.4, -0.2) is 113 Å². The Morgan fingerprint density at radius 3 is 2.55 bits per heavy atom. The summed E-state index contributed by atoms with van der Waals surface area (Å²) in [5.74, 6) is -2.71. The van der Waals surface area contributed by atoms with Gasteiger partial charge in [-0.1, -0.05) is 37.1 Å². The van der Waals surface area contributed by atoms with Crippen LogP contribution in [0.5, 0.6) is 0 Å². The lowest BCUT2D eigenvalue weighted by molar-refractivity contribution is -0.141. The molecule has 3 fully saturated rings. The van der Waals surface area contributed by atoms with Gasteiger partial charge in [-0.25, -0.2) is 18.8 Å². The van der Waals surface area contributed by atoms with Crippen molar-refractivity contribution in [3.63, 3.8) is 0 Å². The van der Waals surface area contributed by atoms with E-state index >= 15 is 0 Å². The first-order valence-electron chi connectivity index (χ1n) is 18.4. The summed E-state index contributed by atoms with van der Waals surface area (Å²) in [6.45, 7) is 6.43. The summed E-state index contributed by atoms with van der Waals surface area (Å²) in [6.07, 6.45) is 4.62. The Labute approximate surface area is 307 Å². The topological polar surface area (TPSA) is 176 Å².